The number of nitrogens with zero attached hydrogens (tertiary/aromatic N) is 2. The van der Waals surface area contributed by atoms with Crippen molar-refractivity contribution in [1.82, 2.24) is 0 Å². The van der Waals surface area contributed by atoms with E-state index in [0.717, 1.165) is 6.07 Å². The predicted molar refractivity (Wildman–Crippen MR) is 101 cm³/mol. The molecule has 0 aliphatic rings. The minimum Gasteiger partial charge on any atom is -0.744 e. The van der Waals surface area contributed by atoms with E-state index in [1.165, 1.54) is 12.1 Å². The number of rotatable bonds is 4. The normalized spacial score (nSPS) is 11.6. The number of aromatic carboxylic acids is 1. The Morgan fingerprint density at radius 3 is 2.41 bits per heavy atom. The van der Waals surface area contributed by atoms with Gasteiger partial charge in [-0.3, -0.25) is 0 Å². The molecule has 29 heavy (non-hydrogen) atoms. The second kappa shape index (κ2) is 8.48. The van der Waals surface area contributed by atoms with Gasteiger partial charge in [0.05, 0.1) is 4.90 Å². The molecule has 0 amide bonds. The molecule has 0 atom stereocenters. The van der Waals surface area contributed by atoms with Crippen molar-refractivity contribution in [1.29, 1.82) is 0 Å². The van der Waals surface area contributed by atoms with Crippen molar-refractivity contribution in [2.75, 3.05) is 0 Å². The second-order valence-electron chi connectivity index (χ2n) is 5.87. The van der Waals surface area contributed by atoms with Crippen molar-refractivity contribution in [3.8, 4) is 5.75 Å². The molecule has 0 bridgehead atoms. The fourth-order valence-electron chi connectivity index (χ4n) is 2.61. The second-order valence-corrected chi connectivity index (χ2v) is 7.63. The van der Waals surface area contributed by atoms with E-state index in [1.54, 1.807) is 31.2 Å². The summed E-state index contributed by atoms with van der Waals surface area (Å²) < 4.78 is 34.5. The van der Waals surface area contributed by atoms with Gasteiger partial charge in [0.15, 0.2) is 5.75 Å². The fraction of sp³-hybridized carbons (Fsp3) is 0.0556. The zero-order valence-electron chi connectivity index (χ0n) is 14.6. The van der Waals surface area contributed by atoms with Crippen molar-refractivity contribution in [2.24, 2.45) is 10.2 Å². The minimum atomic E-state index is -4.90. The zero-order valence-corrected chi connectivity index (χ0v) is 17.4. The summed E-state index contributed by atoms with van der Waals surface area (Å²) in [5.74, 6) is -2.00. The molecule has 3 rings (SSSR count). The summed E-state index contributed by atoms with van der Waals surface area (Å²) in [6, 6.07) is 10.1. The summed E-state index contributed by atoms with van der Waals surface area (Å²) in [6.45, 7) is 1.58. The maximum Gasteiger partial charge on any atom is 0.339 e. The number of phenols is 1. The molecule has 3 aromatic rings. The van der Waals surface area contributed by atoms with Gasteiger partial charge in [-0.1, -0.05) is 35.9 Å². The summed E-state index contributed by atoms with van der Waals surface area (Å²) in [5.41, 5.74) is -0.383. The summed E-state index contributed by atoms with van der Waals surface area (Å²) >= 11 is 5.89. The molecule has 0 aliphatic heterocycles. The van der Waals surface area contributed by atoms with E-state index in [4.69, 9.17) is 11.6 Å². The Kier molecular flexibility index (Phi) is 6.67. The fourth-order valence-corrected chi connectivity index (χ4v) is 3.46. The molecule has 0 aromatic heterocycles. The molecular formula is C18H12ClMnN2O6S-. The van der Waals surface area contributed by atoms with Gasteiger partial charge in [0.1, 0.15) is 27.1 Å². The monoisotopic (exact) mass is 474 g/mol. The third-order valence-corrected chi connectivity index (χ3v) is 5.27. The number of carbonyl (C=O) groups is 1. The summed E-state index contributed by atoms with van der Waals surface area (Å²) in [7, 11) is -4.90. The maximum atomic E-state index is 11.5. The number of benzene rings is 3. The molecule has 3 aromatic carbocycles. The molecule has 0 spiro atoms. The zero-order chi connectivity index (χ0) is 20.6. The molecule has 0 unspecified atom stereocenters. The maximum absolute atomic E-state index is 11.5. The molecular weight excluding hydrogens is 463 g/mol. The molecule has 8 nitrogen and oxygen atoms in total. The van der Waals surface area contributed by atoms with E-state index in [1.807, 2.05) is 0 Å². The SMILES string of the molecule is Cc1cc(N=Nc2c(O)c(C(=O)O)cc3ccccc23)c(S(=O)(=O)[O-])cc1Cl.[Mn]. The molecule has 0 aliphatic carbocycles. The number of carboxylic acids is 1. The third kappa shape index (κ3) is 4.58. The molecule has 0 fully saturated rings. The number of aryl methyl sites for hydroxylation is 1. The van der Waals surface area contributed by atoms with E-state index in [9.17, 15) is 28.0 Å². The molecule has 0 saturated carbocycles. The molecule has 0 saturated heterocycles. The summed E-state index contributed by atoms with van der Waals surface area (Å²) in [6.07, 6.45) is 0. The standard InChI is InChI=1S/C18H13ClN2O6S.Mn/c1-9-6-14(15(8-13(9)19)28(25,26)27)20-21-16-11-5-3-2-4-10(11)7-12(17(16)22)18(23)24;/h2-8,22H,1H3,(H,23,24)(H,25,26,27);/p-1. The van der Waals surface area contributed by atoms with Gasteiger partial charge >= 0.3 is 5.97 Å². The van der Waals surface area contributed by atoms with E-state index < -0.39 is 32.3 Å². The molecule has 11 heteroatoms. The van der Waals surface area contributed by atoms with E-state index in [0.29, 0.717) is 16.3 Å². The van der Waals surface area contributed by atoms with Crippen molar-refractivity contribution in [3.63, 3.8) is 0 Å². The van der Waals surface area contributed by atoms with Crippen LogP contribution < -0.4 is 0 Å². The number of halogens is 1. The van der Waals surface area contributed by atoms with Crippen LogP contribution in [0.4, 0.5) is 11.4 Å². The number of hydrogen-bond donors (Lipinski definition) is 2. The molecule has 151 valence electrons. The van der Waals surface area contributed by atoms with Gasteiger partial charge in [-0.2, -0.15) is 0 Å². The summed E-state index contributed by atoms with van der Waals surface area (Å²) in [4.78, 5) is 10.7. The third-order valence-electron chi connectivity index (χ3n) is 3.99. The summed E-state index contributed by atoms with van der Waals surface area (Å²) in [5, 5.41) is 28.2. The van der Waals surface area contributed by atoms with Crippen LogP contribution in [0.15, 0.2) is 57.6 Å². The van der Waals surface area contributed by atoms with Crippen LogP contribution in [0.1, 0.15) is 15.9 Å². The first-order valence-electron chi connectivity index (χ1n) is 7.75. The quantitative estimate of drug-likeness (QED) is 0.323. The first-order chi connectivity index (χ1) is 13.1. The number of hydrogen-bond acceptors (Lipinski definition) is 7. The van der Waals surface area contributed by atoms with Gasteiger partial charge in [-0.25, -0.2) is 13.2 Å². The predicted octanol–water partition coefficient (Wildman–Crippen LogP) is 4.52. The van der Waals surface area contributed by atoms with Crippen LogP contribution in [0.25, 0.3) is 10.8 Å². The van der Waals surface area contributed by atoms with Gasteiger partial charge < -0.3 is 14.8 Å². The van der Waals surface area contributed by atoms with Crippen LogP contribution in [-0.2, 0) is 27.2 Å². The van der Waals surface area contributed by atoms with E-state index in [-0.39, 0.29) is 33.5 Å². The Labute approximate surface area is 181 Å². The van der Waals surface area contributed by atoms with Crippen molar-refractivity contribution < 1.29 is 45.0 Å². The van der Waals surface area contributed by atoms with Crippen LogP contribution in [0.3, 0.4) is 0 Å². The number of azo groups is 1. The topological polar surface area (TPSA) is 139 Å². The number of carboxylic acid groups (broad SMARTS) is 1. The Balaban J connectivity index is 0.00000300. The Hall–Kier alpha value is -2.49. The van der Waals surface area contributed by atoms with Crippen LogP contribution in [0, 0.1) is 6.92 Å². The van der Waals surface area contributed by atoms with E-state index >= 15 is 0 Å². The van der Waals surface area contributed by atoms with Gasteiger partial charge in [0.2, 0.25) is 0 Å². The first kappa shape index (κ1) is 22.8. The van der Waals surface area contributed by atoms with Gasteiger partial charge in [-0.05, 0) is 36.1 Å². The Morgan fingerprint density at radius 2 is 1.79 bits per heavy atom. The van der Waals surface area contributed by atoms with Crippen LogP contribution in [0.2, 0.25) is 5.02 Å². The van der Waals surface area contributed by atoms with Crippen molar-refractivity contribution >= 4 is 49.8 Å². The largest absolute Gasteiger partial charge is 0.744 e. The van der Waals surface area contributed by atoms with Crippen LogP contribution >= 0.6 is 11.6 Å². The number of aromatic hydroxyl groups is 1. The minimum absolute atomic E-state index is 0. The van der Waals surface area contributed by atoms with Crippen molar-refractivity contribution in [2.45, 2.75) is 11.8 Å². The molecule has 1 radical (unpaired) electrons. The number of fused-ring (bicyclic) bond motifs is 1. The Morgan fingerprint density at radius 1 is 1.14 bits per heavy atom. The smallest absolute Gasteiger partial charge is 0.339 e. The molecule has 2 N–H and O–H groups in total. The van der Waals surface area contributed by atoms with Crippen molar-refractivity contribution in [3.05, 3.63) is 58.6 Å². The first-order valence-corrected chi connectivity index (χ1v) is 9.54. The average Bonchev–Trinajstić information content (AvgIpc) is 2.61. The average molecular weight is 475 g/mol. The van der Waals surface area contributed by atoms with Crippen LogP contribution in [-0.4, -0.2) is 29.2 Å². The van der Waals surface area contributed by atoms with E-state index in [2.05, 4.69) is 10.2 Å². The molecule has 0 heterocycles. The van der Waals surface area contributed by atoms with Crippen LogP contribution in [0.5, 0.6) is 5.75 Å². The Bertz CT molecular complexity index is 1260. The van der Waals surface area contributed by atoms with Gasteiger partial charge in [-0.15, -0.1) is 10.2 Å². The van der Waals surface area contributed by atoms with Gasteiger partial charge in [0, 0.05) is 27.5 Å². The van der Waals surface area contributed by atoms with Gasteiger partial charge in [0.25, 0.3) is 0 Å².